The summed E-state index contributed by atoms with van der Waals surface area (Å²) in [5, 5.41) is 2.94. The molecule has 1 aromatic rings. The largest absolute Gasteiger partial charge is 0.497 e. The third-order valence-corrected chi connectivity index (χ3v) is 5.21. The van der Waals surface area contributed by atoms with Crippen LogP contribution in [0.5, 0.6) is 11.5 Å². The molecule has 0 spiro atoms. The highest BCUT2D eigenvalue weighted by Gasteiger charge is 2.26. The maximum atomic E-state index is 12.4. The predicted octanol–water partition coefficient (Wildman–Crippen LogP) is 0.858. The third-order valence-electron chi connectivity index (χ3n) is 3.91. The zero-order valence-corrected chi connectivity index (χ0v) is 14.4. The van der Waals surface area contributed by atoms with Crippen LogP contribution in [-0.2, 0) is 10.0 Å². The lowest BCUT2D eigenvalue weighted by molar-refractivity contribution is 0.0921. The fourth-order valence-electron chi connectivity index (χ4n) is 2.58. The topological polar surface area (TPSA) is 84.9 Å². The highest BCUT2D eigenvalue weighted by molar-refractivity contribution is 7.88. The first-order valence-corrected chi connectivity index (χ1v) is 9.18. The normalized spacial score (nSPS) is 16.8. The maximum Gasteiger partial charge on any atom is 0.255 e. The van der Waals surface area contributed by atoms with Gasteiger partial charge in [-0.25, -0.2) is 12.7 Å². The van der Waals surface area contributed by atoms with E-state index in [2.05, 4.69) is 5.32 Å². The Balaban J connectivity index is 2.01. The molecule has 0 unspecified atom stereocenters. The van der Waals surface area contributed by atoms with Crippen LogP contribution in [0.1, 0.15) is 23.2 Å². The van der Waals surface area contributed by atoms with Crippen molar-refractivity contribution in [1.82, 2.24) is 9.62 Å². The van der Waals surface area contributed by atoms with Gasteiger partial charge in [0.05, 0.1) is 26.0 Å². The van der Waals surface area contributed by atoms with Gasteiger partial charge in [0, 0.05) is 25.2 Å². The van der Waals surface area contributed by atoms with Gasteiger partial charge < -0.3 is 14.8 Å². The molecular weight excluding hydrogens is 320 g/mol. The smallest absolute Gasteiger partial charge is 0.255 e. The summed E-state index contributed by atoms with van der Waals surface area (Å²) in [4.78, 5) is 12.4. The first kappa shape index (κ1) is 17.6. The number of carbonyl (C=O) groups is 1. The van der Waals surface area contributed by atoms with E-state index in [0.29, 0.717) is 43.0 Å². The fourth-order valence-corrected chi connectivity index (χ4v) is 3.46. The maximum absolute atomic E-state index is 12.4. The van der Waals surface area contributed by atoms with E-state index in [1.807, 2.05) is 0 Å². The summed E-state index contributed by atoms with van der Waals surface area (Å²) >= 11 is 0. The zero-order valence-electron chi connectivity index (χ0n) is 13.5. The van der Waals surface area contributed by atoms with Crippen molar-refractivity contribution >= 4 is 15.9 Å². The molecule has 1 heterocycles. The van der Waals surface area contributed by atoms with Crippen LogP contribution >= 0.6 is 0 Å². The molecule has 0 radical (unpaired) electrons. The molecule has 1 aliphatic heterocycles. The summed E-state index contributed by atoms with van der Waals surface area (Å²) in [6, 6.07) is 4.95. The number of carbonyl (C=O) groups excluding carboxylic acids is 1. The van der Waals surface area contributed by atoms with Crippen LogP contribution in [0.15, 0.2) is 18.2 Å². The highest BCUT2D eigenvalue weighted by atomic mass is 32.2. The standard InChI is InChI=1S/C15H22N2O5S/c1-21-12-4-5-13(14(10-12)22-2)15(18)16-11-6-8-17(9-7-11)23(3,19)20/h4-5,10-11H,6-9H2,1-3H3,(H,16,18). The Morgan fingerprint density at radius 1 is 1.22 bits per heavy atom. The minimum absolute atomic E-state index is 0.0488. The van der Waals surface area contributed by atoms with E-state index in [0.717, 1.165) is 0 Å². The average molecular weight is 342 g/mol. The van der Waals surface area contributed by atoms with E-state index in [9.17, 15) is 13.2 Å². The monoisotopic (exact) mass is 342 g/mol. The number of amides is 1. The molecule has 7 nitrogen and oxygen atoms in total. The van der Waals surface area contributed by atoms with Gasteiger partial charge in [0.15, 0.2) is 0 Å². The molecule has 1 saturated heterocycles. The molecule has 23 heavy (non-hydrogen) atoms. The van der Waals surface area contributed by atoms with E-state index in [4.69, 9.17) is 9.47 Å². The van der Waals surface area contributed by atoms with Gasteiger partial charge in [-0.1, -0.05) is 0 Å². The van der Waals surface area contributed by atoms with E-state index >= 15 is 0 Å². The van der Waals surface area contributed by atoms with Crippen molar-refractivity contribution in [3.63, 3.8) is 0 Å². The molecule has 1 aromatic carbocycles. The van der Waals surface area contributed by atoms with Gasteiger partial charge in [-0.05, 0) is 25.0 Å². The highest BCUT2D eigenvalue weighted by Crippen LogP contribution is 2.25. The fraction of sp³-hybridized carbons (Fsp3) is 0.533. The van der Waals surface area contributed by atoms with Crippen LogP contribution in [0.3, 0.4) is 0 Å². The van der Waals surface area contributed by atoms with Crippen molar-refractivity contribution < 1.29 is 22.7 Å². The van der Waals surface area contributed by atoms with Crippen LogP contribution in [-0.4, -0.2) is 58.2 Å². The Bertz CT molecular complexity index is 666. The summed E-state index contributed by atoms with van der Waals surface area (Å²) in [6.07, 6.45) is 2.39. The van der Waals surface area contributed by atoms with Crippen LogP contribution in [0.25, 0.3) is 0 Å². The Morgan fingerprint density at radius 3 is 2.39 bits per heavy atom. The van der Waals surface area contributed by atoms with Crippen LogP contribution in [0.2, 0.25) is 0 Å². The van der Waals surface area contributed by atoms with Gasteiger partial charge in [-0.3, -0.25) is 4.79 Å². The lowest BCUT2D eigenvalue weighted by Gasteiger charge is -2.30. The summed E-state index contributed by atoms with van der Waals surface area (Å²) in [5.74, 6) is 0.817. The number of methoxy groups -OCH3 is 2. The molecule has 1 amide bonds. The van der Waals surface area contributed by atoms with Crippen LogP contribution in [0, 0.1) is 0 Å². The molecule has 1 aliphatic rings. The number of nitrogens with one attached hydrogen (secondary N) is 1. The minimum Gasteiger partial charge on any atom is -0.497 e. The van der Waals surface area contributed by atoms with Gasteiger partial charge in [-0.15, -0.1) is 0 Å². The van der Waals surface area contributed by atoms with Crippen molar-refractivity contribution in [3.8, 4) is 11.5 Å². The quantitative estimate of drug-likeness (QED) is 0.858. The summed E-state index contributed by atoms with van der Waals surface area (Å²) in [7, 11) is -0.120. The second-order valence-corrected chi connectivity index (χ2v) is 7.46. The molecule has 0 aliphatic carbocycles. The van der Waals surface area contributed by atoms with E-state index in [-0.39, 0.29) is 11.9 Å². The van der Waals surface area contributed by atoms with Gasteiger partial charge in [-0.2, -0.15) is 0 Å². The molecule has 0 atom stereocenters. The van der Waals surface area contributed by atoms with Gasteiger partial charge in [0.1, 0.15) is 11.5 Å². The lowest BCUT2D eigenvalue weighted by Crippen LogP contribution is -2.46. The Morgan fingerprint density at radius 2 is 1.87 bits per heavy atom. The molecule has 0 saturated carbocycles. The Kier molecular flexibility index (Phi) is 5.48. The number of piperidine rings is 1. The number of sulfonamides is 1. The average Bonchev–Trinajstić information content (AvgIpc) is 2.53. The van der Waals surface area contributed by atoms with Gasteiger partial charge in [0.25, 0.3) is 5.91 Å². The van der Waals surface area contributed by atoms with Gasteiger partial charge >= 0.3 is 0 Å². The number of hydrogen-bond donors (Lipinski definition) is 1. The summed E-state index contributed by atoms with van der Waals surface area (Å²) in [5.41, 5.74) is 0.429. The molecule has 8 heteroatoms. The molecule has 2 rings (SSSR count). The number of nitrogens with zero attached hydrogens (tertiary/aromatic N) is 1. The van der Waals surface area contributed by atoms with Crippen molar-refractivity contribution in [3.05, 3.63) is 23.8 Å². The van der Waals surface area contributed by atoms with Crippen molar-refractivity contribution in [2.45, 2.75) is 18.9 Å². The number of rotatable bonds is 5. The molecule has 0 bridgehead atoms. The second kappa shape index (κ2) is 7.18. The van der Waals surface area contributed by atoms with Crippen molar-refractivity contribution in [2.75, 3.05) is 33.6 Å². The second-order valence-electron chi connectivity index (χ2n) is 5.48. The van der Waals surface area contributed by atoms with Gasteiger partial charge in [0.2, 0.25) is 10.0 Å². The number of hydrogen-bond acceptors (Lipinski definition) is 5. The van der Waals surface area contributed by atoms with Crippen LogP contribution in [0.4, 0.5) is 0 Å². The first-order chi connectivity index (χ1) is 10.8. The van der Waals surface area contributed by atoms with E-state index in [1.165, 1.54) is 17.7 Å². The van der Waals surface area contributed by atoms with Crippen molar-refractivity contribution in [2.24, 2.45) is 0 Å². The Labute approximate surface area is 136 Å². The summed E-state index contributed by atoms with van der Waals surface area (Å²) in [6.45, 7) is 0.840. The minimum atomic E-state index is -3.16. The van der Waals surface area contributed by atoms with Crippen LogP contribution < -0.4 is 14.8 Å². The summed E-state index contributed by atoms with van der Waals surface area (Å²) < 4.78 is 34.8. The first-order valence-electron chi connectivity index (χ1n) is 7.33. The zero-order chi connectivity index (χ0) is 17.0. The number of ether oxygens (including phenoxy) is 2. The predicted molar refractivity (Wildman–Crippen MR) is 86.5 cm³/mol. The van der Waals surface area contributed by atoms with Crippen molar-refractivity contribution in [1.29, 1.82) is 0 Å². The molecule has 128 valence electrons. The Hall–Kier alpha value is -1.80. The number of benzene rings is 1. The van der Waals surface area contributed by atoms with E-state index in [1.54, 1.807) is 25.3 Å². The molecule has 1 fully saturated rings. The molecule has 0 aromatic heterocycles. The van der Waals surface area contributed by atoms with E-state index < -0.39 is 10.0 Å². The lowest BCUT2D eigenvalue weighted by atomic mass is 10.1. The molecule has 1 N–H and O–H groups in total. The SMILES string of the molecule is COc1ccc(C(=O)NC2CCN(S(C)(=O)=O)CC2)c(OC)c1. The molecular formula is C15H22N2O5S. The third kappa shape index (κ3) is 4.35.